The largest absolute Gasteiger partial charge is 0.487 e. The average Bonchev–Trinajstić information content (AvgIpc) is 2.59. The average molecular weight is 356 g/mol. The Labute approximate surface area is 149 Å². The van der Waals surface area contributed by atoms with Gasteiger partial charge in [-0.15, -0.1) is 0 Å². The fraction of sp³-hybridized carbons (Fsp3) is 0.0526. The molecule has 2 aromatic carbocycles. The van der Waals surface area contributed by atoms with Gasteiger partial charge in [0, 0.05) is 16.1 Å². The Morgan fingerprint density at radius 3 is 2.67 bits per heavy atom. The van der Waals surface area contributed by atoms with Crippen LogP contribution in [0.1, 0.15) is 21.5 Å². The van der Waals surface area contributed by atoms with E-state index in [1.807, 2.05) is 12.1 Å². The van der Waals surface area contributed by atoms with Gasteiger partial charge in [-0.3, -0.25) is 4.79 Å². The Bertz CT molecular complexity index is 906. The van der Waals surface area contributed by atoms with Gasteiger partial charge in [-0.1, -0.05) is 29.3 Å². The van der Waals surface area contributed by atoms with E-state index in [4.69, 9.17) is 33.2 Å². The van der Waals surface area contributed by atoms with Gasteiger partial charge in [0.2, 0.25) is 0 Å². The smallest absolute Gasteiger partial charge is 0.185 e. The number of ketones is 1. The van der Waals surface area contributed by atoms with Crippen molar-refractivity contribution >= 4 is 35.1 Å². The summed E-state index contributed by atoms with van der Waals surface area (Å²) in [4.78, 5) is 12.2. The molecule has 3 rings (SSSR count). The molecule has 5 heteroatoms. The highest BCUT2D eigenvalue weighted by atomic mass is 35.5. The van der Waals surface area contributed by atoms with Crippen LogP contribution >= 0.6 is 23.2 Å². The molecule has 0 radical (unpaired) electrons. The number of carbonyl (C=O) groups is 1. The number of hydrogen-bond donors (Lipinski definition) is 0. The second kappa shape index (κ2) is 6.92. The molecule has 0 aromatic heterocycles. The first-order valence-electron chi connectivity index (χ1n) is 7.12. The van der Waals surface area contributed by atoms with Gasteiger partial charge in [-0.05, 0) is 54.1 Å². The summed E-state index contributed by atoms with van der Waals surface area (Å²) in [6.07, 6.45) is 5.07. The molecule has 0 amide bonds. The topological polar surface area (TPSA) is 50.1 Å². The Morgan fingerprint density at radius 2 is 1.96 bits per heavy atom. The van der Waals surface area contributed by atoms with E-state index in [1.54, 1.807) is 42.5 Å². The van der Waals surface area contributed by atoms with Gasteiger partial charge >= 0.3 is 0 Å². The zero-order chi connectivity index (χ0) is 17.1. The van der Waals surface area contributed by atoms with Gasteiger partial charge in [0.05, 0.1) is 16.7 Å². The van der Waals surface area contributed by atoms with E-state index in [0.717, 1.165) is 11.1 Å². The molecule has 3 nitrogen and oxygen atoms in total. The molecule has 1 aliphatic rings. The van der Waals surface area contributed by atoms with Gasteiger partial charge in [-0.2, -0.15) is 5.26 Å². The van der Waals surface area contributed by atoms with Crippen molar-refractivity contribution in [2.45, 2.75) is 0 Å². The van der Waals surface area contributed by atoms with Crippen molar-refractivity contribution in [1.82, 2.24) is 0 Å². The van der Waals surface area contributed by atoms with Crippen LogP contribution in [-0.2, 0) is 0 Å². The molecule has 118 valence electrons. The minimum atomic E-state index is -0.143. The Kier molecular flexibility index (Phi) is 4.71. The first-order chi connectivity index (χ1) is 11.6. The molecule has 0 saturated carbocycles. The summed E-state index contributed by atoms with van der Waals surface area (Å²) in [5.41, 5.74) is 2.66. The van der Waals surface area contributed by atoms with E-state index in [1.165, 1.54) is 6.08 Å². The van der Waals surface area contributed by atoms with E-state index in [-0.39, 0.29) is 5.78 Å². The highest BCUT2D eigenvalue weighted by Gasteiger charge is 2.14. The molecule has 0 spiro atoms. The predicted octanol–water partition coefficient (Wildman–Crippen LogP) is 5.08. The predicted molar refractivity (Wildman–Crippen MR) is 94.6 cm³/mol. The molecule has 1 aliphatic heterocycles. The lowest BCUT2D eigenvalue weighted by atomic mass is 10.0. The number of nitriles is 1. The number of halogens is 2. The molecular formula is C19H11Cl2NO2. The van der Waals surface area contributed by atoms with E-state index < -0.39 is 0 Å². The number of fused-ring (bicyclic) bond motifs is 1. The number of hydrogen-bond acceptors (Lipinski definition) is 3. The van der Waals surface area contributed by atoms with Crippen LogP contribution in [0.4, 0.5) is 0 Å². The van der Waals surface area contributed by atoms with Crippen LogP contribution in [0.3, 0.4) is 0 Å². The molecule has 0 fully saturated rings. The second-order valence-corrected chi connectivity index (χ2v) is 6.04. The van der Waals surface area contributed by atoms with Crippen LogP contribution in [0.2, 0.25) is 10.0 Å². The molecule has 24 heavy (non-hydrogen) atoms. The fourth-order valence-corrected chi connectivity index (χ4v) is 2.88. The van der Waals surface area contributed by atoms with Crippen molar-refractivity contribution in [1.29, 1.82) is 5.26 Å². The Hall–Kier alpha value is -2.54. The van der Waals surface area contributed by atoms with Crippen molar-refractivity contribution in [3.05, 3.63) is 80.9 Å². The minimum absolute atomic E-state index is 0.143. The normalized spacial score (nSPS) is 13.0. The number of rotatable bonds is 3. The third kappa shape index (κ3) is 3.51. The third-order valence-electron chi connectivity index (χ3n) is 3.51. The standard InChI is InChI=1S/C19H11Cl2NO2/c20-16-8-15-7-13(11-24-19(15)17(21)9-16)3-6-18(23)14-4-1-12(10-22)2-5-14/h1-9H,11H2/b6-3+. The molecule has 0 atom stereocenters. The quantitative estimate of drug-likeness (QED) is 0.569. The Morgan fingerprint density at radius 1 is 1.21 bits per heavy atom. The maximum atomic E-state index is 12.2. The van der Waals surface area contributed by atoms with Crippen LogP contribution in [0.5, 0.6) is 5.75 Å². The minimum Gasteiger partial charge on any atom is -0.487 e. The monoisotopic (exact) mass is 355 g/mol. The molecule has 1 heterocycles. The summed E-state index contributed by atoms with van der Waals surface area (Å²) in [5.74, 6) is 0.451. The number of benzene rings is 2. The van der Waals surface area contributed by atoms with Gasteiger partial charge in [-0.25, -0.2) is 0 Å². The summed E-state index contributed by atoms with van der Waals surface area (Å²) < 4.78 is 5.63. The van der Waals surface area contributed by atoms with Crippen molar-refractivity contribution in [3.63, 3.8) is 0 Å². The van der Waals surface area contributed by atoms with E-state index in [0.29, 0.717) is 33.5 Å². The van der Waals surface area contributed by atoms with Crippen molar-refractivity contribution in [3.8, 4) is 11.8 Å². The van der Waals surface area contributed by atoms with Gasteiger partial charge in [0.25, 0.3) is 0 Å². The lowest BCUT2D eigenvalue weighted by Crippen LogP contribution is -2.07. The molecule has 0 aliphatic carbocycles. The van der Waals surface area contributed by atoms with Crippen LogP contribution in [0.15, 0.2) is 54.1 Å². The maximum absolute atomic E-state index is 12.2. The number of nitrogens with zero attached hydrogens (tertiary/aromatic N) is 1. The van der Waals surface area contributed by atoms with E-state index >= 15 is 0 Å². The van der Waals surface area contributed by atoms with Crippen LogP contribution in [-0.4, -0.2) is 12.4 Å². The summed E-state index contributed by atoms with van der Waals surface area (Å²) in [6.45, 7) is 0.325. The number of carbonyl (C=O) groups excluding carboxylic acids is 1. The molecule has 0 N–H and O–H groups in total. The first kappa shape index (κ1) is 16.3. The zero-order valence-corrected chi connectivity index (χ0v) is 13.9. The summed E-state index contributed by atoms with van der Waals surface area (Å²) >= 11 is 12.1. The highest BCUT2D eigenvalue weighted by Crippen LogP contribution is 2.36. The van der Waals surface area contributed by atoms with Gasteiger partial charge < -0.3 is 4.74 Å². The highest BCUT2D eigenvalue weighted by molar-refractivity contribution is 6.36. The lowest BCUT2D eigenvalue weighted by Gasteiger charge is -2.17. The third-order valence-corrected chi connectivity index (χ3v) is 4.01. The first-order valence-corrected chi connectivity index (χ1v) is 7.87. The summed E-state index contributed by atoms with van der Waals surface area (Å²) in [6, 6.07) is 11.9. The molecule has 2 aromatic rings. The molecule has 0 bridgehead atoms. The van der Waals surface area contributed by atoms with E-state index in [2.05, 4.69) is 0 Å². The molecular weight excluding hydrogens is 345 g/mol. The molecule has 0 saturated heterocycles. The fourth-order valence-electron chi connectivity index (χ4n) is 2.32. The van der Waals surface area contributed by atoms with Crippen LogP contribution < -0.4 is 4.74 Å². The van der Waals surface area contributed by atoms with Crippen molar-refractivity contribution < 1.29 is 9.53 Å². The summed E-state index contributed by atoms with van der Waals surface area (Å²) in [7, 11) is 0. The maximum Gasteiger partial charge on any atom is 0.185 e. The van der Waals surface area contributed by atoms with Crippen LogP contribution in [0.25, 0.3) is 6.08 Å². The summed E-state index contributed by atoms with van der Waals surface area (Å²) in [5, 5.41) is 9.76. The van der Waals surface area contributed by atoms with Crippen molar-refractivity contribution in [2.75, 3.05) is 6.61 Å². The second-order valence-electron chi connectivity index (χ2n) is 5.20. The molecule has 0 unspecified atom stereocenters. The van der Waals surface area contributed by atoms with E-state index in [9.17, 15) is 4.79 Å². The van der Waals surface area contributed by atoms with Gasteiger partial charge in [0.15, 0.2) is 5.78 Å². The number of ether oxygens (including phenoxy) is 1. The van der Waals surface area contributed by atoms with Crippen LogP contribution in [0, 0.1) is 11.3 Å². The SMILES string of the molecule is N#Cc1ccc(C(=O)/C=C/C2=Cc3cc(Cl)cc(Cl)c3OC2)cc1. The lowest BCUT2D eigenvalue weighted by molar-refractivity contribution is 0.104. The number of allylic oxidation sites excluding steroid dienone is 1. The van der Waals surface area contributed by atoms with Crippen molar-refractivity contribution in [2.24, 2.45) is 0 Å². The van der Waals surface area contributed by atoms with Gasteiger partial charge in [0.1, 0.15) is 12.4 Å². The Balaban J connectivity index is 1.80. The zero-order valence-electron chi connectivity index (χ0n) is 12.4.